The maximum atomic E-state index is 11.6. The molecule has 1 aromatic rings. The van der Waals surface area contributed by atoms with Crippen LogP contribution in [-0.2, 0) is 0 Å². The molecule has 0 unspecified atom stereocenters. The lowest BCUT2D eigenvalue weighted by Crippen LogP contribution is -2.70. The van der Waals surface area contributed by atoms with Gasteiger partial charge in [-0.15, -0.1) is 0 Å². The Hall–Kier alpha value is -1.36. The van der Waals surface area contributed by atoms with Crippen molar-refractivity contribution in [1.82, 2.24) is 9.97 Å². The second-order valence-corrected chi connectivity index (χ2v) is 5.89. The molecule has 5 nitrogen and oxygen atoms in total. The second-order valence-electron chi connectivity index (χ2n) is 5.89. The minimum Gasteiger partial charge on any atom is -0.353 e. The summed E-state index contributed by atoms with van der Waals surface area (Å²) in [6, 6.07) is 1.55. The fourth-order valence-electron chi connectivity index (χ4n) is 2.09. The van der Waals surface area contributed by atoms with E-state index in [-0.39, 0.29) is 17.0 Å². The molecule has 1 aromatic heterocycles. The number of rotatable bonds is 3. The van der Waals surface area contributed by atoms with Gasteiger partial charge in [0.25, 0.3) is 5.56 Å². The van der Waals surface area contributed by atoms with Crippen molar-refractivity contribution in [2.75, 3.05) is 18.0 Å². The Morgan fingerprint density at radius 3 is 2.50 bits per heavy atom. The normalized spacial score (nSPS) is 18.3. The maximum Gasteiger partial charge on any atom is 0.252 e. The molecule has 100 valence electrons. The van der Waals surface area contributed by atoms with Gasteiger partial charge in [-0.25, -0.2) is 4.98 Å². The highest BCUT2D eigenvalue weighted by molar-refractivity contribution is 5.44. The topological polar surface area (TPSA) is 75.0 Å². The van der Waals surface area contributed by atoms with Crippen LogP contribution < -0.4 is 16.2 Å². The minimum absolute atomic E-state index is 0.0947. The lowest BCUT2D eigenvalue weighted by molar-refractivity contribution is 0.243. The van der Waals surface area contributed by atoms with Crippen LogP contribution in [0.25, 0.3) is 0 Å². The summed E-state index contributed by atoms with van der Waals surface area (Å²) < 4.78 is 0. The predicted molar refractivity (Wildman–Crippen MR) is 72.9 cm³/mol. The summed E-state index contributed by atoms with van der Waals surface area (Å²) in [5, 5.41) is 0. The zero-order chi connectivity index (χ0) is 13.5. The van der Waals surface area contributed by atoms with Gasteiger partial charge in [0.2, 0.25) is 0 Å². The third-order valence-corrected chi connectivity index (χ3v) is 3.74. The van der Waals surface area contributed by atoms with Crippen molar-refractivity contribution in [1.29, 1.82) is 0 Å². The first-order chi connectivity index (χ1) is 8.32. The summed E-state index contributed by atoms with van der Waals surface area (Å²) in [6.45, 7) is 9.81. The number of hydrogen-bond donors (Lipinski definition) is 2. The second kappa shape index (κ2) is 4.39. The first-order valence-corrected chi connectivity index (χ1v) is 6.47. The van der Waals surface area contributed by atoms with E-state index in [1.807, 2.05) is 13.8 Å². The molecule has 1 aliphatic rings. The molecule has 0 spiro atoms. The number of nitrogens with one attached hydrogen (secondary N) is 1. The molecule has 0 aliphatic carbocycles. The Kier molecular flexibility index (Phi) is 3.19. The van der Waals surface area contributed by atoms with E-state index < -0.39 is 0 Å². The molecular formula is C13H22N4O. The molecule has 0 amide bonds. The van der Waals surface area contributed by atoms with Crippen LogP contribution in [0.3, 0.4) is 0 Å². The summed E-state index contributed by atoms with van der Waals surface area (Å²) in [5.41, 5.74) is 6.01. The third kappa shape index (κ3) is 2.27. The molecule has 2 heterocycles. The number of anilines is 1. The standard InChI is InChI=1S/C13H22N4O/c1-8(2)12-15-10(5-11(18)16-12)17-6-13(14,7-17)9(3)4/h5,8-9H,6-7,14H2,1-4H3,(H,15,16,18). The number of aromatic nitrogens is 2. The van der Waals surface area contributed by atoms with Crippen molar-refractivity contribution in [3.63, 3.8) is 0 Å². The van der Waals surface area contributed by atoms with E-state index in [0.717, 1.165) is 24.7 Å². The molecule has 1 aliphatic heterocycles. The molecule has 0 saturated carbocycles. The highest BCUT2D eigenvalue weighted by Crippen LogP contribution is 2.29. The lowest BCUT2D eigenvalue weighted by atomic mass is 9.80. The molecule has 0 aromatic carbocycles. The fraction of sp³-hybridized carbons (Fsp3) is 0.692. The van der Waals surface area contributed by atoms with Crippen molar-refractivity contribution in [2.24, 2.45) is 11.7 Å². The van der Waals surface area contributed by atoms with Crippen LogP contribution in [-0.4, -0.2) is 28.6 Å². The van der Waals surface area contributed by atoms with Crippen LogP contribution in [0.5, 0.6) is 0 Å². The summed E-state index contributed by atoms with van der Waals surface area (Å²) in [5.74, 6) is 2.12. The van der Waals surface area contributed by atoms with Crippen LogP contribution in [0.15, 0.2) is 10.9 Å². The highest BCUT2D eigenvalue weighted by atomic mass is 16.1. The van der Waals surface area contributed by atoms with Crippen LogP contribution in [0.1, 0.15) is 39.4 Å². The largest absolute Gasteiger partial charge is 0.353 e. The Labute approximate surface area is 107 Å². The molecule has 18 heavy (non-hydrogen) atoms. The zero-order valence-corrected chi connectivity index (χ0v) is 11.5. The molecule has 5 heteroatoms. The molecule has 1 fully saturated rings. The summed E-state index contributed by atoms with van der Waals surface area (Å²) >= 11 is 0. The predicted octanol–water partition coefficient (Wildman–Crippen LogP) is 1.07. The quantitative estimate of drug-likeness (QED) is 0.841. The van der Waals surface area contributed by atoms with Crippen molar-refractivity contribution >= 4 is 5.82 Å². The Morgan fingerprint density at radius 2 is 2.00 bits per heavy atom. The average Bonchev–Trinajstić information content (AvgIpc) is 2.23. The SMILES string of the molecule is CC(C)c1nc(N2CC(N)(C(C)C)C2)cc(=O)[nH]1. The highest BCUT2D eigenvalue weighted by Gasteiger charge is 2.42. The van der Waals surface area contributed by atoms with E-state index in [0.29, 0.717) is 5.92 Å². The van der Waals surface area contributed by atoms with Gasteiger partial charge in [0.15, 0.2) is 0 Å². The number of nitrogens with two attached hydrogens (primary N) is 1. The van der Waals surface area contributed by atoms with Gasteiger partial charge in [-0.2, -0.15) is 0 Å². The number of nitrogens with zero attached hydrogens (tertiary/aromatic N) is 2. The molecule has 0 bridgehead atoms. The van der Waals surface area contributed by atoms with Gasteiger partial charge in [0.1, 0.15) is 11.6 Å². The monoisotopic (exact) mass is 250 g/mol. The van der Waals surface area contributed by atoms with Gasteiger partial charge in [-0.3, -0.25) is 4.79 Å². The van der Waals surface area contributed by atoms with Gasteiger partial charge >= 0.3 is 0 Å². The van der Waals surface area contributed by atoms with Crippen molar-refractivity contribution < 1.29 is 0 Å². The number of hydrogen-bond acceptors (Lipinski definition) is 4. The maximum absolute atomic E-state index is 11.6. The number of aromatic amines is 1. The third-order valence-electron chi connectivity index (χ3n) is 3.74. The molecule has 3 N–H and O–H groups in total. The Bertz CT molecular complexity index is 486. The van der Waals surface area contributed by atoms with Crippen LogP contribution in [0.4, 0.5) is 5.82 Å². The van der Waals surface area contributed by atoms with Gasteiger partial charge in [0.05, 0.1) is 5.54 Å². The molecular weight excluding hydrogens is 228 g/mol. The van der Waals surface area contributed by atoms with E-state index in [1.54, 1.807) is 6.07 Å². The van der Waals surface area contributed by atoms with E-state index in [1.165, 1.54) is 0 Å². The van der Waals surface area contributed by atoms with Crippen LogP contribution in [0, 0.1) is 5.92 Å². The van der Waals surface area contributed by atoms with Gasteiger partial charge in [-0.05, 0) is 5.92 Å². The minimum atomic E-state index is -0.151. The van der Waals surface area contributed by atoms with Crippen molar-refractivity contribution in [2.45, 2.75) is 39.2 Å². The van der Waals surface area contributed by atoms with Crippen molar-refractivity contribution in [3.05, 3.63) is 22.2 Å². The van der Waals surface area contributed by atoms with E-state index >= 15 is 0 Å². The molecule has 1 saturated heterocycles. The molecule has 0 radical (unpaired) electrons. The van der Waals surface area contributed by atoms with Gasteiger partial charge in [0, 0.05) is 25.1 Å². The van der Waals surface area contributed by atoms with Crippen LogP contribution in [0.2, 0.25) is 0 Å². The summed E-state index contributed by atoms with van der Waals surface area (Å²) in [7, 11) is 0. The van der Waals surface area contributed by atoms with Crippen molar-refractivity contribution in [3.8, 4) is 0 Å². The lowest BCUT2D eigenvalue weighted by Gasteiger charge is -2.51. The fourth-order valence-corrected chi connectivity index (χ4v) is 2.09. The number of H-pyrrole nitrogens is 1. The summed E-state index contributed by atoms with van der Waals surface area (Å²) in [6.07, 6.45) is 0. The molecule has 2 rings (SSSR count). The molecule has 0 atom stereocenters. The van der Waals surface area contributed by atoms with Gasteiger partial charge < -0.3 is 15.6 Å². The van der Waals surface area contributed by atoms with E-state index in [9.17, 15) is 4.79 Å². The zero-order valence-electron chi connectivity index (χ0n) is 11.5. The Balaban J connectivity index is 2.19. The first-order valence-electron chi connectivity index (χ1n) is 6.47. The Morgan fingerprint density at radius 1 is 1.39 bits per heavy atom. The first kappa shape index (κ1) is 13.1. The smallest absolute Gasteiger partial charge is 0.252 e. The van der Waals surface area contributed by atoms with Crippen LogP contribution >= 0.6 is 0 Å². The van der Waals surface area contributed by atoms with E-state index in [2.05, 4.69) is 28.7 Å². The average molecular weight is 250 g/mol. The van der Waals surface area contributed by atoms with E-state index in [4.69, 9.17) is 5.73 Å². The van der Waals surface area contributed by atoms with Gasteiger partial charge in [-0.1, -0.05) is 27.7 Å². The summed E-state index contributed by atoms with van der Waals surface area (Å²) in [4.78, 5) is 20.9.